The van der Waals surface area contributed by atoms with Crippen molar-refractivity contribution in [2.24, 2.45) is 5.10 Å². The predicted molar refractivity (Wildman–Crippen MR) is 105 cm³/mol. The third-order valence-electron chi connectivity index (χ3n) is 3.70. The van der Waals surface area contributed by atoms with Crippen LogP contribution in [0.15, 0.2) is 75.1 Å². The maximum atomic E-state index is 12.1. The van der Waals surface area contributed by atoms with Crippen LogP contribution in [0.3, 0.4) is 0 Å². The van der Waals surface area contributed by atoms with E-state index in [1.165, 1.54) is 31.5 Å². The topological polar surface area (TPSA) is 98.0 Å². The van der Waals surface area contributed by atoms with E-state index in [9.17, 15) is 13.2 Å². The summed E-state index contributed by atoms with van der Waals surface area (Å²) in [7, 11) is -2.49. The fourth-order valence-electron chi connectivity index (χ4n) is 2.39. The predicted octanol–water partition coefficient (Wildman–Crippen LogP) is 3.70. The minimum Gasteiger partial charge on any atom is -0.465 e. The summed E-state index contributed by atoms with van der Waals surface area (Å²) >= 11 is 6.02. The van der Waals surface area contributed by atoms with E-state index < -0.39 is 16.0 Å². The van der Waals surface area contributed by atoms with Crippen molar-refractivity contribution >= 4 is 33.8 Å². The highest BCUT2D eigenvalue weighted by molar-refractivity contribution is 7.89. The fraction of sp³-hybridized carbons (Fsp3) is 0.0526. The van der Waals surface area contributed by atoms with Gasteiger partial charge < -0.3 is 9.15 Å². The summed E-state index contributed by atoms with van der Waals surface area (Å²) in [5.74, 6) is 0.103. The lowest BCUT2D eigenvalue weighted by molar-refractivity contribution is 0.0601. The molecule has 0 atom stereocenters. The van der Waals surface area contributed by atoms with E-state index in [4.69, 9.17) is 20.8 Å². The molecule has 0 saturated heterocycles. The second kappa shape index (κ2) is 8.28. The summed E-state index contributed by atoms with van der Waals surface area (Å²) in [6.07, 6.45) is 1.21. The number of esters is 1. The van der Waals surface area contributed by atoms with Crippen molar-refractivity contribution in [2.75, 3.05) is 7.11 Å². The molecule has 7 nitrogen and oxygen atoms in total. The number of hydrogen-bond donors (Lipinski definition) is 1. The smallest absolute Gasteiger partial charge is 0.338 e. The van der Waals surface area contributed by atoms with Crippen LogP contribution in [-0.2, 0) is 14.8 Å². The highest BCUT2D eigenvalue weighted by Gasteiger charge is 2.16. The molecule has 0 aliphatic carbocycles. The van der Waals surface area contributed by atoms with E-state index in [1.54, 1.807) is 42.5 Å². The lowest BCUT2D eigenvalue weighted by Crippen LogP contribution is -2.18. The Balaban J connectivity index is 1.81. The number of nitrogens with one attached hydrogen (secondary N) is 1. The quantitative estimate of drug-likeness (QED) is 0.374. The zero-order valence-electron chi connectivity index (χ0n) is 14.6. The summed E-state index contributed by atoms with van der Waals surface area (Å²) in [6.45, 7) is 0. The first-order chi connectivity index (χ1) is 13.4. The Morgan fingerprint density at radius 1 is 1.14 bits per heavy atom. The van der Waals surface area contributed by atoms with Gasteiger partial charge in [-0.1, -0.05) is 29.8 Å². The third-order valence-corrected chi connectivity index (χ3v) is 5.17. The number of rotatable bonds is 6. The second-order valence-electron chi connectivity index (χ2n) is 5.55. The van der Waals surface area contributed by atoms with Gasteiger partial charge in [0.15, 0.2) is 0 Å². The number of nitrogens with zero attached hydrogens (tertiary/aromatic N) is 1. The molecule has 0 spiro atoms. The number of furan rings is 1. The van der Waals surface area contributed by atoms with Gasteiger partial charge in [-0.3, -0.25) is 0 Å². The number of carbonyl (C=O) groups excluding carboxylic acids is 1. The van der Waals surface area contributed by atoms with Crippen molar-refractivity contribution in [3.63, 3.8) is 0 Å². The van der Waals surface area contributed by atoms with Crippen LogP contribution in [-0.4, -0.2) is 27.7 Å². The fourth-order valence-corrected chi connectivity index (χ4v) is 3.37. The van der Waals surface area contributed by atoms with Gasteiger partial charge in [0.25, 0.3) is 10.0 Å². The van der Waals surface area contributed by atoms with Gasteiger partial charge in [-0.05, 0) is 42.5 Å². The first kappa shape index (κ1) is 19.7. The maximum Gasteiger partial charge on any atom is 0.338 e. The van der Waals surface area contributed by atoms with Gasteiger partial charge in [-0.2, -0.15) is 18.4 Å². The minimum absolute atomic E-state index is 0.0916. The average molecular weight is 419 g/mol. The van der Waals surface area contributed by atoms with Crippen LogP contribution in [0.1, 0.15) is 16.1 Å². The molecule has 28 heavy (non-hydrogen) atoms. The van der Waals surface area contributed by atoms with E-state index in [2.05, 4.69) is 9.93 Å². The van der Waals surface area contributed by atoms with Crippen LogP contribution in [0.2, 0.25) is 5.02 Å². The van der Waals surface area contributed by atoms with E-state index >= 15 is 0 Å². The Morgan fingerprint density at radius 2 is 1.89 bits per heavy atom. The summed E-state index contributed by atoms with van der Waals surface area (Å²) < 4.78 is 34.6. The Morgan fingerprint density at radius 3 is 2.61 bits per heavy atom. The summed E-state index contributed by atoms with van der Waals surface area (Å²) in [4.78, 5) is 14.1. The Labute approximate surface area is 166 Å². The molecule has 3 rings (SSSR count). The molecule has 0 saturated carbocycles. The van der Waals surface area contributed by atoms with Crippen LogP contribution in [0, 0.1) is 0 Å². The largest absolute Gasteiger partial charge is 0.465 e. The third kappa shape index (κ3) is 4.41. The van der Waals surface area contributed by atoms with Crippen molar-refractivity contribution in [3.05, 3.63) is 77.0 Å². The van der Waals surface area contributed by atoms with Crippen molar-refractivity contribution in [1.29, 1.82) is 0 Å². The summed E-state index contributed by atoms with van der Waals surface area (Å²) in [5.41, 5.74) is 0.735. The van der Waals surface area contributed by atoms with Gasteiger partial charge in [-0.15, -0.1) is 0 Å². The van der Waals surface area contributed by atoms with Gasteiger partial charge >= 0.3 is 5.97 Å². The molecule has 1 heterocycles. The highest BCUT2D eigenvalue weighted by Crippen LogP contribution is 2.29. The number of hydrogen-bond acceptors (Lipinski definition) is 6. The van der Waals surface area contributed by atoms with Gasteiger partial charge in [0.05, 0.1) is 23.8 Å². The van der Waals surface area contributed by atoms with Gasteiger partial charge in [0, 0.05) is 10.6 Å². The monoisotopic (exact) mass is 418 g/mol. The summed E-state index contributed by atoms with van der Waals surface area (Å²) in [5, 5.41) is 4.13. The number of sulfonamides is 1. The molecule has 0 bridgehead atoms. The van der Waals surface area contributed by atoms with E-state index in [-0.39, 0.29) is 16.2 Å². The van der Waals surface area contributed by atoms with Crippen molar-refractivity contribution < 1.29 is 22.4 Å². The number of carbonyl (C=O) groups is 1. The molecule has 0 fully saturated rings. The standard InChI is InChI=1S/C19H15ClN2O5S/c1-26-19(23)16-9-7-13(20)11-17(16)18-10-8-14(27-18)12-21-22-28(24,25)15-5-3-2-4-6-15/h2-12,22H,1H3/b21-12-. The first-order valence-electron chi connectivity index (χ1n) is 7.99. The van der Waals surface area contributed by atoms with Crippen LogP contribution < -0.4 is 4.83 Å². The SMILES string of the molecule is COC(=O)c1ccc(Cl)cc1-c1ccc(/C=N\NS(=O)(=O)c2ccccc2)o1. The van der Waals surface area contributed by atoms with E-state index in [0.29, 0.717) is 16.3 Å². The molecule has 0 unspecified atom stereocenters. The molecule has 0 radical (unpaired) electrons. The Hall–Kier alpha value is -3.10. The highest BCUT2D eigenvalue weighted by atomic mass is 35.5. The van der Waals surface area contributed by atoms with Gasteiger partial charge in [0.1, 0.15) is 11.5 Å². The lowest BCUT2D eigenvalue weighted by Gasteiger charge is -2.06. The van der Waals surface area contributed by atoms with Crippen molar-refractivity contribution in [2.45, 2.75) is 4.90 Å². The van der Waals surface area contributed by atoms with Crippen LogP contribution >= 0.6 is 11.6 Å². The summed E-state index contributed by atoms with van der Waals surface area (Å²) in [6, 6.07) is 15.7. The van der Waals surface area contributed by atoms with Crippen LogP contribution in [0.25, 0.3) is 11.3 Å². The molecule has 0 aliphatic rings. The number of ether oxygens (including phenoxy) is 1. The molecule has 0 amide bonds. The molecular weight excluding hydrogens is 404 g/mol. The normalized spacial score (nSPS) is 11.5. The number of benzene rings is 2. The molecule has 9 heteroatoms. The maximum absolute atomic E-state index is 12.1. The van der Waals surface area contributed by atoms with E-state index in [1.807, 2.05) is 0 Å². The molecular formula is C19H15ClN2O5S. The molecule has 0 aliphatic heterocycles. The lowest BCUT2D eigenvalue weighted by atomic mass is 10.1. The molecule has 1 N–H and O–H groups in total. The first-order valence-corrected chi connectivity index (χ1v) is 9.85. The average Bonchev–Trinajstić information content (AvgIpc) is 3.16. The zero-order valence-corrected chi connectivity index (χ0v) is 16.2. The zero-order chi connectivity index (χ0) is 20.1. The van der Waals surface area contributed by atoms with Gasteiger partial charge in [-0.25, -0.2) is 4.79 Å². The molecule has 3 aromatic rings. The Bertz CT molecular complexity index is 1120. The Kier molecular flexibility index (Phi) is 5.81. The number of halogens is 1. The van der Waals surface area contributed by atoms with Crippen molar-refractivity contribution in [3.8, 4) is 11.3 Å². The van der Waals surface area contributed by atoms with Gasteiger partial charge in [0.2, 0.25) is 0 Å². The van der Waals surface area contributed by atoms with E-state index in [0.717, 1.165) is 0 Å². The second-order valence-corrected chi connectivity index (χ2v) is 7.65. The van der Waals surface area contributed by atoms with Crippen LogP contribution in [0.4, 0.5) is 0 Å². The minimum atomic E-state index is -3.77. The molecule has 144 valence electrons. The van der Waals surface area contributed by atoms with Crippen molar-refractivity contribution in [1.82, 2.24) is 4.83 Å². The van der Waals surface area contributed by atoms with Crippen LogP contribution in [0.5, 0.6) is 0 Å². The number of hydrazone groups is 1. The molecule has 2 aromatic carbocycles. The number of methoxy groups -OCH3 is 1. The molecule has 1 aromatic heterocycles.